The van der Waals surface area contributed by atoms with Gasteiger partial charge in [-0.15, -0.1) is 0 Å². The number of carbonyl (C=O) groups excluding carboxylic acids is 1. The lowest BCUT2D eigenvalue weighted by Gasteiger charge is -2.27. The summed E-state index contributed by atoms with van der Waals surface area (Å²) in [5.74, 6) is 0.00880. The fourth-order valence-electron chi connectivity index (χ4n) is 1.75. The third-order valence-corrected chi connectivity index (χ3v) is 2.59. The topological polar surface area (TPSA) is 61.5 Å². The van der Waals surface area contributed by atoms with E-state index in [4.69, 9.17) is 15.2 Å². The molecule has 76 valence electrons. The van der Waals surface area contributed by atoms with E-state index in [2.05, 4.69) is 0 Å². The molecule has 0 saturated carbocycles. The van der Waals surface area contributed by atoms with Crippen molar-refractivity contribution in [1.29, 1.82) is 0 Å². The molecule has 0 spiro atoms. The normalized spacial score (nSPS) is 21.1. The predicted molar refractivity (Wildman–Crippen MR) is 48.1 cm³/mol. The molecule has 0 aliphatic carbocycles. The Bertz CT molecular complexity index is 166. The summed E-state index contributed by atoms with van der Waals surface area (Å²) in [7, 11) is 1.41. The van der Waals surface area contributed by atoms with Crippen LogP contribution in [0.4, 0.5) is 0 Å². The van der Waals surface area contributed by atoms with Gasteiger partial charge in [0.1, 0.15) is 0 Å². The van der Waals surface area contributed by atoms with E-state index in [1.165, 1.54) is 7.11 Å². The average Bonchev–Trinajstić information content (AvgIpc) is 2.20. The molecule has 0 radical (unpaired) electrons. The first-order chi connectivity index (χ1) is 6.29. The largest absolute Gasteiger partial charge is 0.469 e. The van der Waals surface area contributed by atoms with E-state index >= 15 is 0 Å². The molecule has 4 nitrogen and oxygen atoms in total. The van der Waals surface area contributed by atoms with Gasteiger partial charge in [0.25, 0.3) is 0 Å². The summed E-state index contributed by atoms with van der Waals surface area (Å²) in [5.41, 5.74) is 5.54. The van der Waals surface area contributed by atoms with Crippen molar-refractivity contribution in [2.24, 2.45) is 17.6 Å². The maximum Gasteiger partial charge on any atom is 0.310 e. The molecule has 13 heavy (non-hydrogen) atoms. The van der Waals surface area contributed by atoms with E-state index in [-0.39, 0.29) is 11.9 Å². The second kappa shape index (κ2) is 5.19. The lowest BCUT2D eigenvalue weighted by molar-refractivity contribution is -0.148. The molecule has 1 rings (SSSR count). The SMILES string of the molecule is COC(=O)[C@H](CN)C1CCOCC1. The van der Waals surface area contributed by atoms with Gasteiger partial charge < -0.3 is 15.2 Å². The molecule has 2 N–H and O–H groups in total. The molecular weight excluding hydrogens is 170 g/mol. The van der Waals surface area contributed by atoms with Crippen LogP contribution in [-0.2, 0) is 14.3 Å². The van der Waals surface area contributed by atoms with Crippen LogP contribution in [-0.4, -0.2) is 32.8 Å². The minimum atomic E-state index is -0.186. The molecule has 0 amide bonds. The van der Waals surface area contributed by atoms with Gasteiger partial charge in [0.2, 0.25) is 0 Å². The lowest BCUT2D eigenvalue weighted by atomic mass is 9.86. The van der Waals surface area contributed by atoms with Crippen LogP contribution in [0.15, 0.2) is 0 Å². The number of rotatable bonds is 3. The Morgan fingerprint density at radius 1 is 1.62 bits per heavy atom. The standard InChI is InChI=1S/C9H17NO3/c1-12-9(11)8(6-10)7-2-4-13-5-3-7/h7-8H,2-6,10H2,1H3/t8-/m1/s1. The Labute approximate surface area is 78.4 Å². The van der Waals surface area contributed by atoms with Crippen LogP contribution in [0.25, 0.3) is 0 Å². The van der Waals surface area contributed by atoms with Crippen molar-refractivity contribution >= 4 is 5.97 Å². The number of esters is 1. The zero-order chi connectivity index (χ0) is 9.68. The van der Waals surface area contributed by atoms with Gasteiger partial charge in [-0.3, -0.25) is 4.79 Å². The second-order valence-corrected chi connectivity index (χ2v) is 3.32. The molecule has 1 aliphatic rings. The van der Waals surface area contributed by atoms with Crippen LogP contribution < -0.4 is 5.73 Å². The maximum atomic E-state index is 11.3. The van der Waals surface area contributed by atoms with Gasteiger partial charge in [-0.05, 0) is 18.8 Å². The number of carbonyl (C=O) groups is 1. The monoisotopic (exact) mass is 187 g/mol. The van der Waals surface area contributed by atoms with Gasteiger partial charge in [-0.1, -0.05) is 0 Å². The van der Waals surface area contributed by atoms with Crippen molar-refractivity contribution in [2.75, 3.05) is 26.9 Å². The van der Waals surface area contributed by atoms with Gasteiger partial charge in [-0.25, -0.2) is 0 Å². The first-order valence-corrected chi connectivity index (χ1v) is 4.65. The summed E-state index contributed by atoms with van der Waals surface area (Å²) in [4.78, 5) is 11.3. The molecule has 0 unspecified atom stereocenters. The number of nitrogens with two attached hydrogens (primary N) is 1. The molecule has 1 atom stereocenters. The van der Waals surface area contributed by atoms with E-state index < -0.39 is 0 Å². The van der Waals surface area contributed by atoms with Crippen LogP contribution in [0.5, 0.6) is 0 Å². The van der Waals surface area contributed by atoms with E-state index in [0.29, 0.717) is 12.5 Å². The summed E-state index contributed by atoms with van der Waals surface area (Å²) in [6, 6.07) is 0. The summed E-state index contributed by atoms with van der Waals surface area (Å²) in [6.07, 6.45) is 1.83. The molecule has 0 aromatic carbocycles. The van der Waals surface area contributed by atoms with Crippen LogP contribution in [0.3, 0.4) is 0 Å². The van der Waals surface area contributed by atoms with Crippen molar-refractivity contribution in [2.45, 2.75) is 12.8 Å². The van der Waals surface area contributed by atoms with Gasteiger partial charge in [-0.2, -0.15) is 0 Å². The first-order valence-electron chi connectivity index (χ1n) is 4.65. The third-order valence-electron chi connectivity index (χ3n) is 2.59. The third kappa shape index (κ3) is 2.67. The van der Waals surface area contributed by atoms with Gasteiger partial charge >= 0.3 is 5.97 Å². The highest BCUT2D eigenvalue weighted by atomic mass is 16.5. The Hall–Kier alpha value is -0.610. The van der Waals surface area contributed by atoms with E-state index in [1.54, 1.807) is 0 Å². The fourth-order valence-corrected chi connectivity index (χ4v) is 1.75. The molecule has 1 aliphatic heterocycles. The molecule has 0 aromatic heterocycles. The Morgan fingerprint density at radius 2 is 2.23 bits per heavy atom. The van der Waals surface area contributed by atoms with Crippen molar-refractivity contribution in [1.82, 2.24) is 0 Å². The zero-order valence-electron chi connectivity index (χ0n) is 7.99. The van der Waals surface area contributed by atoms with Crippen LogP contribution in [0.1, 0.15) is 12.8 Å². The summed E-state index contributed by atoms with van der Waals surface area (Å²) < 4.78 is 9.91. The minimum Gasteiger partial charge on any atom is -0.469 e. The average molecular weight is 187 g/mol. The smallest absolute Gasteiger partial charge is 0.310 e. The Morgan fingerprint density at radius 3 is 2.69 bits per heavy atom. The van der Waals surface area contributed by atoms with E-state index in [0.717, 1.165) is 26.1 Å². The zero-order valence-corrected chi connectivity index (χ0v) is 7.99. The summed E-state index contributed by atoms with van der Waals surface area (Å²) >= 11 is 0. The number of hydrogen-bond acceptors (Lipinski definition) is 4. The molecule has 0 aromatic rings. The summed E-state index contributed by atoms with van der Waals surface area (Å²) in [6.45, 7) is 1.84. The maximum absolute atomic E-state index is 11.3. The molecule has 1 heterocycles. The molecule has 1 fully saturated rings. The predicted octanol–water partition coefficient (Wildman–Crippen LogP) is 0.161. The van der Waals surface area contributed by atoms with Crippen molar-refractivity contribution < 1.29 is 14.3 Å². The van der Waals surface area contributed by atoms with E-state index in [9.17, 15) is 4.79 Å². The summed E-state index contributed by atoms with van der Waals surface area (Å²) in [5, 5.41) is 0. The fraction of sp³-hybridized carbons (Fsp3) is 0.889. The van der Waals surface area contributed by atoms with Crippen molar-refractivity contribution in [3.63, 3.8) is 0 Å². The number of ether oxygens (including phenoxy) is 2. The van der Waals surface area contributed by atoms with Crippen molar-refractivity contribution in [3.8, 4) is 0 Å². The van der Waals surface area contributed by atoms with Crippen LogP contribution in [0, 0.1) is 11.8 Å². The van der Waals surface area contributed by atoms with E-state index in [1.807, 2.05) is 0 Å². The minimum absolute atomic E-state index is 0.145. The quantitative estimate of drug-likeness (QED) is 0.639. The molecule has 4 heteroatoms. The van der Waals surface area contributed by atoms with Crippen LogP contribution >= 0.6 is 0 Å². The Balaban J connectivity index is 2.48. The molecular formula is C9H17NO3. The lowest BCUT2D eigenvalue weighted by Crippen LogP contribution is -2.35. The first kappa shape index (κ1) is 10.5. The van der Waals surface area contributed by atoms with Gasteiger partial charge in [0, 0.05) is 19.8 Å². The molecule has 1 saturated heterocycles. The Kier molecular flexibility index (Phi) is 4.18. The number of methoxy groups -OCH3 is 1. The van der Waals surface area contributed by atoms with Gasteiger partial charge in [0.05, 0.1) is 13.0 Å². The van der Waals surface area contributed by atoms with Crippen LogP contribution in [0.2, 0.25) is 0 Å². The number of hydrogen-bond donors (Lipinski definition) is 1. The second-order valence-electron chi connectivity index (χ2n) is 3.32. The van der Waals surface area contributed by atoms with Crippen molar-refractivity contribution in [3.05, 3.63) is 0 Å². The highest BCUT2D eigenvalue weighted by Crippen LogP contribution is 2.23. The highest BCUT2D eigenvalue weighted by Gasteiger charge is 2.29. The molecule has 0 bridgehead atoms. The van der Waals surface area contributed by atoms with Gasteiger partial charge in [0.15, 0.2) is 0 Å². The highest BCUT2D eigenvalue weighted by molar-refractivity contribution is 5.72.